The smallest absolute Gasteiger partial charge is 0.372 e. The van der Waals surface area contributed by atoms with Crippen LogP contribution in [0.15, 0.2) is 0 Å². The van der Waals surface area contributed by atoms with Crippen LogP contribution < -0.4 is 5.32 Å². The summed E-state index contributed by atoms with van der Waals surface area (Å²) >= 11 is 0. The lowest BCUT2D eigenvalue weighted by atomic mass is 9.91. The molecule has 16 heavy (non-hydrogen) atoms. The second-order valence-electron chi connectivity index (χ2n) is 4.37. The van der Waals surface area contributed by atoms with Crippen molar-refractivity contribution in [3.05, 3.63) is 0 Å². The van der Waals surface area contributed by atoms with Crippen molar-refractivity contribution in [3.63, 3.8) is 0 Å². The van der Waals surface area contributed by atoms with Crippen LogP contribution in [-0.4, -0.2) is 33.0 Å². The van der Waals surface area contributed by atoms with Crippen molar-refractivity contribution >= 4 is 0 Å². The topological polar surface area (TPSA) is 21.3 Å². The van der Waals surface area contributed by atoms with Crippen LogP contribution in [0.3, 0.4) is 0 Å². The van der Waals surface area contributed by atoms with Crippen LogP contribution in [0.1, 0.15) is 26.7 Å². The number of halogens is 3. The van der Waals surface area contributed by atoms with Crippen molar-refractivity contribution in [2.75, 3.05) is 26.8 Å². The minimum Gasteiger partial charge on any atom is -0.372 e. The molecule has 0 aromatic rings. The molecule has 0 rings (SSSR count). The van der Waals surface area contributed by atoms with E-state index in [-0.39, 0.29) is 6.61 Å². The summed E-state index contributed by atoms with van der Waals surface area (Å²) < 4.78 is 39.8. The lowest BCUT2D eigenvalue weighted by molar-refractivity contribution is -0.174. The first-order valence-corrected chi connectivity index (χ1v) is 5.66. The maximum Gasteiger partial charge on any atom is 0.411 e. The van der Waals surface area contributed by atoms with E-state index in [4.69, 9.17) is 0 Å². The van der Waals surface area contributed by atoms with E-state index in [0.717, 1.165) is 13.0 Å². The zero-order valence-electron chi connectivity index (χ0n) is 10.2. The van der Waals surface area contributed by atoms with Gasteiger partial charge in [0.05, 0.1) is 0 Å². The number of alkyl halides is 3. The van der Waals surface area contributed by atoms with Crippen LogP contribution in [0.2, 0.25) is 0 Å². The quantitative estimate of drug-likeness (QED) is 0.660. The van der Waals surface area contributed by atoms with Crippen molar-refractivity contribution < 1.29 is 17.9 Å². The molecule has 98 valence electrons. The molecule has 5 heteroatoms. The predicted molar refractivity (Wildman–Crippen MR) is 58.4 cm³/mol. The molecule has 1 N–H and O–H groups in total. The standard InChI is InChI=1S/C11H22F3NO/c1-9(2)10(7-15-3)5-4-6-16-8-11(12,13)14/h9-10,15H,4-8H2,1-3H3. The summed E-state index contributed by atoms with van der Waals surface area (Å²) in [4.78, 5) is 0. The summed E-state index contributed by atoms with van der Waals surface area (Å²) in [5.74, 6) is 1.04. The zero-order chi connectivity index (χ0) is 12.6. The molecule has 0 saturated carbocycles. The Morgan fingerprint density at radius 1 is 1.25 bits per heavy atom. The summed E-state index contributed by atoms with van der Waals surface area (Å²) in [5, 5.41) is 3.09. The number of ether oxygens (including phenoxy) is 1. The van der Waals surface area contributed by atoms with Gasteiger partial charge in [-0.25, -0.2) is 0 Å². The normalized spacial score (nSPS) is 14.4. The van der Waals surface area contributed by atoms with Crippen LogP contribution >= 0.6 is 0 Å². The summed E-state index contributed by atoms with van der Waals surface area (Å²) in [6.07, 6.45) is -2.63. The number of rotatable bonds is 8. The molecule has 0 aliphatic rings. The Morgan fingerprint density at radius 3 is 2.31 bits per heavy atom. The first-order chi connectivity index (χ1) is 7.37. The highest BCUT2D eigenvalue weighted by molar-refractivity contribution is 4.65. The molecule has 0 fully saturated rings. The molecular formula is C11H22F3NO. The highest BCUT2D eigenvalue weighted by atomic mass is 19.4. The monoisotopic (exact) mass is 241 g/mol. The molecule has 0 aliphatic carbocycles. The van der Waals surface area contributed by atoms with Gasteiger partial charge in [-0.1, -0.05) is 13.8 Å². The molecule has 0 bridgehead atoms. The number of hydrogen-bond donors (Lipinski definition) is 1. The lowest BCUT2D eigenvalue weighted by Gasteiger charge is -2.20. The number of nitrogens with one attached hydrogen (secondary N) is 1. The second kappa shape index (κ2) is 7.90. The van der Waals surface area contributed by atoms with E-state index in [1.165, 1.54) is 0 Å². The summed E-state index contributed by atoms with van der Waals surface area (Å²) in [6, 6.07) is 0. The van der Waals surface area contributed by atoms with E-state index in [9.17, 15) is 13.2 Å². The third kappa shape index (κ3) is 8.97. The van der Waals surface area contributed by atoms with Crippen molar-refractivity contribution in [3.8, 4) is 0 Å². The fraction of sp³-hybridized carbons (Fsp3) is 1.00. The molecule has 0 heterocycles. The first-order valence-electron chi connectivity index (χ1n) is 5.66. The van der Waals surface area contributed by atoms with E-state index >= 15 is 0 Å². The van der Waals surface area contributed by atoms with Gasteiger partial charge in [-0.3, -0.25) is 0 Å². The fourth-order valence-corrected chi connectivity index (χ4v) is 1.57. The van der Waals surface area contributed by atoms with Crippen LogP contribution in [0.4, 0.5) is 13.2 Å². The van der Waals surface area contributed by atoms with Gasteiger partial charge in [0.2, 0.25) is 0 Å². The molecule has 0 saturated heterocycles. The molecule has 0 amide bonds. The van der Waals surface area contributed by atoms with Crippen molar-refractivity contribution in [1.82, 2.24) is 5.32 Å². The molecule has 0 aromatic heterocycles. The molecular weight excluding hydrogens is 219 g/mol. The minimum atomic E-state index is -4.21. The summed E-state index contributed by atoms with van der Waals surface area (Å²) in [7, 11) is 1.88. The maximum absolute atomic E-state index is 11.8. The van der Waals surface area contributed by atoms with Gasteiger partial charge in [-0.15, -0.1) is 0 Å². The van der Waals surface area contributed by atoms with E-state index in [1.807, 2.05) is 7.05 Å². The van der Waals surface area contributed by atoms with Gasteiger partial charge in [-0.2, -0.15) is 13.2 Å². The summed E-state index contributed by atoms with van der Waals surface area (Å²) in [6.45, 7) is 4.20. The van der Waals surface area contributed by atoms with Gasteiger partial charge in [0.1, 0.15) is 6.61 Å². The lowest BCUT2D eigenvalue weighted by Crippen LogP contribution is -2.24. The molecule has 0 aliphatic heterocycles. The molecule has 1 atom stereocenters. The molecule has 2 nitrogen and oxygen atoms in total. The average molecular weight is 241 g/mol. The van der Waals surface area contributed by atoms with Crippen molar-refractivity contribution in [2.45, 2.75) is 32.9 Å². The molecule has 0 radical (unpaired) electrons. The SMILES string of the molecule is CNCC(CCCOCC(F)(F)F)C(C)C. The van der Waals surface area contributed by atoms with E-state index in [1.54, 1.807) is 0 Å². The van der Waals surface area contributed by atoms with Crippen LogP contribution in [0.5, 0.6) is 0 Å². The van der Waals surface area contributed by atoms with Crippen LogP contribution in [0, 0.1) is 11.8 Å². The van der Waals surface area contributed by atoms with Crippen molar-refractivity contribution in [2.24, 2.45) is 11.8 Å². The van der Waals surface area contributed by atoms with Gasteiger partial charge >= 0.3 is 6.18 Å². The maximum atomic E-state index is 11.8. The van der Waals surface area contributed by atoms with Gasteiger partial charge in [0.15, 0.2) is 0 Å². The van der Waals surface area contributed by atoms with E-state index < -0.39 is 12.8 Å². The Balaban J connectivity index is 3.55. The van der Waals surface area contributed by atoms with Gasteiger partial charge in [0.25, 0.3) is 0 Å². The highest BCUT2D eigenvalue weighted by Gasteiger charge is 2.27. The first kappa shape index (κ1) is 15.7. The zero-order valence-corrected chi connectivity index (χ0v) is 10.2. The molecule has 0 spiro atoms. The third-order valence-electron chi connectivity index (χ3n) is 2.54. The van der Waals surface area contributed by atoms with Crippen molar-refractivity contribution in [1.29, 1.82) is 0 Å². The third-order valence-corrected chi connectivity index (χ3v) is 2.54. The predicted octanol–water partition coefficient (Wildman–Crippen LogP) is 2.84. The number of hydrogen-bond acceptors (Lipinski definition) is 2. The Morgan fingerprint density at radius 2 is 1.88 bits per heavy atom. The van der Waals surface area contributed by atoms with Gasteiger partial charge in [0, 0.05) is 6.61 Å². The fourth-order valence-electron chi connectivity index (χ4n) is 1.57. The largest absolute Gasteiger partial charge is 0.411 e. The summed E-state index contributed by atoms with van der Waals surface area (Å²) in [5.41, 5.74) is 0. The average Bonchev–Trinajstić information content (AvgIpc) is 2.13. The Kier molecular flexibility index (Phi) is 7.76. The molecule has 0 aromatic carbocycles. The highest BCUT2D eigenvalue weighted by Crippen LogP contribution is 2.17. The Hall–Kier alpha value is -0.290. The van der Waals surface area contributed by atoms with Crippen LogP contribution in [0.25, 0.3) is 0 Å². The van der Waals surface area contributed by atoms with Gasteiger partial charge < -0.3 is 10.1 Å². The Bertz CT molecular complexity index is 171. The minimum absolute atomic E-state index is 0.187. The van der Waals surface area contributed by atoms with Crippen LogP contribution in [-0.2, 0) is 4.74 Å². The molecule has 1 unspecified atom stereocenters. The Labute approximate surface area is 95.5 Å². The van der Waals surface area contributed by atoms with E-state index in [0.29, 0.717) is 18.3 Å². The second-order valence-corrected chi connectivity index (χ2v) is 4.37. The van der Waals surface area contributed by atoms with Gasteiger partial charge in [-0.05, 0) is 38.3 Å². The van der Waals surface area contributed by atoms with E-state index in [2.05, 4.69) is 23.9 Å².